The van der Waals surface area contributed by atoms with Crippen molar-refractivity contribution >= 4 is 21.7 Å². The highest BCUT2D eigenvalue weighted by Crippen LogP contribution is 2.24. The quantitative estimate of drug-likeness (QED) is 0.741. The number of rotatable bonds is 6. The molecule has 1 N–H and O–H groups in total. The van der Waals surface area contributed by atoms with E-state index >= 15 is 0 Å². The highest BCUT2D eigenvalue weighted by atomic mass is 32.2. The minimum atomic E-state index is -3.10. The summed E-state index contributed by atoms with van der Waals surface area (Å²) in [6.45, 7) is 3.40. The van der Waals surface area contributed by atoms with Gasteiger partial charge in [-0.1, -0.05) is 12.1 Å². The summed E-state index contributed by atoms with van der Waals surface area (Å²) in [4.78, 5) is 26.7. The molecule has 144 valence electrons. The molecule has 0 aliphatic carbocycles. The van der Waals surface area contributed by atoms with E-state index < -0.39 is 21.2 Å². The molecule has 1 unspecified atom stereocenters. The van der Waals surface area contributed by atoms with Crippen molar-refractivity contribution < 1.29 is 22.7 Å². The Kier molecular flexibility index (Phi) is 5.95. The van der Waals surface area contributed by atoms with E-state index in [9.17, 15) is 18.0 Å². The van der Waals surface area contributed by atoms with E-state index in [4.69, 9.17) is 4.74 Å². The minimum Gasteiger partial charge on any atom is -0.497 e. The van der Waals surface area contributed by atoms with Gasteiger partial charge < -0.3 is 15.0 Å². The first-order chi connectivity index (χ1) is 12.1. The Balaban J connectivity index is 1.98. The summed E-state index contributed by atoms with van der Waals surface area (Å²) >= 11 is 0. The molecule has 1 saturated heterocycles. The van der Waals surface area contributed by atoms with Gasteiger partial charge in [0.15, 0.2) is 9.84 Å². The summed E-state index contributed by atoms with van der Waals surface area (Å²) in [6, 6.07) is 6.90. The van der Waals surface area contributed by atoms with Crippen LogP contribution in [0, 0.1) is 5.41 Å². The zero-order valence-electron chi connectivity index (χ0n) is 15.6. The first-order valence-corrected chi connectivity index (χ1v) is 10.3. The molecule has 2 amide bonds. The van der Waals surface area contributed by atoms with E-state index in [1.54, 1.807) is 40.1 Å². The van der Waals surface area contributed by atoms with Gasteiger partial charge in [-0.05, 0) is 38.0 Å². The molecular weight excluding hydrogens is 356 g/mol. The fourth-order valence-corrected chi connectivity index (χ4v) is 4.71. The highest BCUT2D eigenvalue weighted by Gasteiger charge is 2.42. The van der Waals surface area contributed by atoms with Gasteiger partial charge in [0, 0.05) is 19.6 Å². The number of benzene rings is 1. The van der Waals surface area contributed by atoms with Crippen molar-refractivity contribution in [1.29, 1.82) is 0 Å². The molecule has 0 saturated carbocycles. The summed E-state index contributed by atoms with van der Waals surface area (Å²) in [5.74, 6) is -0.0142. The molecule has 1 atom stereocenters. The van der Waals surface area contributed by atoms with Crippen LogP contribution < -0.4 is 10.1 Å². The molecule has 1 aliphatic heterocycles. The summed E-state index contributed by atoms with van der Waals surface area (Å²) in [7, 11) is 0.0457. The predicted octanol–water partition coefficient (Wildman–Crippen LogP) is 0.983. The Morgan fingerprint density at radius 1 is 1.27 bits per heavy atom. The predicted molar refractivity (Wildman–Crippen MR) is 98.5 cm³/mol. The molecule has 1 aliphatic rings. The highest BCUT2D eigenvalue weighted by molar-refractivity contribution is 7.91. The van der Waals surface area contributed by atoms with Crippen LogP contribution in [0.2, 0.25) is 0 Å². The van der Waals surface area contributed by atoms with Crippen molar-refractivity contribution in [3.8, 4) is 5.75 Å². The molecule has 0 radical (unpaired) electrons. The number of amides is 2. The van der Waals surface area contributed by atoms with E-state index in [1.807, 2.05) is 12.1 Å². The number of nitrogens with one attached hydrogen (secondary N) is 1. The molecule has 0 aromatic heterocycles. The van der Waals surface area contributed by atoms with Crippen molar-refractivity contribution in [1.82, 2.24) is 10.2 Å². The lowest BCUT2D eigenvalue weighted by Crippen LogP contribution is -2.51. The Bertz CT molecular complexity index is 771. The van der Waals surface area contributed by atoms with Gasteiger partial charge in [0.05, 0.1) is 18.6 Å². The van der Waals surface area contributed by atoms with Crippen LogP contribution in [0.3, 0.4) is 0 Å². The van der Waals surface area contributed by atoms with Gasteiger partial charge in [0.2, 0.25) is 11.8 Å². The lowest BCUT2D eigenvalue weighted by molar-refractivity contribution is -0.148. The standard InChI is InChI=1S/C18H26N2O5S/c1-18(2,17(22)20(3)14-9-10-26(23,24)12-14)16(21)19-11-13-5-7-15(25-4)8-6-13/h5-8,14H,9-12H2,1-4H3,(H,19,21). The van der Waals surface area contributed by atoms with Crippen LogP contribution >= 0.6 is 0 Å². The van der Waals surface area contributed by atoms with Gasteiger partial charge in [-0.2, -0.15) is 0 Å². The third kappa shape index (κ3) is 4.55. The monoisotopic (exact) mass is 382 g/mol. The maximum absolute atomic E-state index is 12.8. The number of nitrogens with zero attached hydrogens (tertiary/aromatic N) is 1. The fourth-order valence-electron chi connectivity index (χ4n) is 2.93. The average Bonchev–Trinajstić information content (AvgIpc) is 2.98. The van der Waals surface area contributed by atoms with Crippen LogP contribution in [-0.4, -0.2) is 56.8 Å². The van der Waals surface area contributed by atoms with Gasteiger partial charge in [0.1, 0.15) is 11.2 Å². The zero-order chi connectivity index (χ0) is 19.5. The van der Waals surface area contributed by atoms with Crippen molar-refractivity contribution in [3.63, 3.8) is 0 Å². The number of carbonyl (C=O) groups excluding carboxylic acids is 2. The molecular formula is C18H26N2O5S. The normalized spacial score (nSPS) is 19.0. The van der Waals surface area contributed by atoms with Crippen molar-refractivity contribution in [2.24, 2.45) is 5.41 Å². The third-order valence-corrected chi connectivity index (χ3v) is 6.54. The number of ether oxygens (including phenoxy) is 1. The van der Waals surface area contributed by atoms with Crippen molar-refractivity contribution in [2.75, 3.05) is 25.7 Å². The van der Waals surface area contributed by atoms with Crippen LogP contribution in [0.5, 0.6) is 5.75 Å². The van der Waals surface area contributed by atoms with Crippen LogP contribution in [0.25, 0.3) is 0 Å². The zero-order valence-corrected chi connectivity index (χ0v) is 16.4. The number of carbonyl (C=O) groups is 2. The number of hydrogen-bond acceptors (Lipinski definition) is 5. The lowest BCUT2D eigenvalue weighted by Gasteiger charge is -2.31. The molecule has 1 aromatic carbocycles. The molecule has 0 bridgehead atoms. The first kappa shape index (κ1) is 20.2. The number of hydrogen-bond donors (Lipinski definition) is 1. The summed E-state index contributed by atoms with van der Waals surface area (Å²) in [5.41, 5.74) is -0.397. The molecule has 2 rings (SSSR count). The fraction of sp³-hybridized carbons (Fsp3) is 0.556. The smallest absolute Gasteiger partial charge is 0.237 e. The molecule has 1 aromatic rings. The Labute approximate surface area is 154 Å². The van der Waals surface area contributed by atoms with Crippen LogP contribution in [0.4, 0.5) is 0 Å². The SMILES string of the molecule is COc1ccc(CNC(=O)C(C)(C)C(=O)N(C)C2CCS(=O)(=O)C2)cc1. The Morgan fingerprint density at radius 2 is 1.88 bits per heavy atom. The Morgan fingerprint density at radius 3 is 2.38 bits per heavy atom. The molecule has 0 spiro atoms. The summed E-state index contributed by atoms with van der Waals surface area (Å²) in [6.07, 6.45) is 0.411. The number of methoxy groups -OCH3 is 1. The lowest BCUT2D eigenvalue weighted by atomic mass is 9.89. The minimum absolute atomic E-state index is 0.0429. The van der Waals surface area contributed by atoms with Crippen molar-refractivity contribution in [2.45, 2.75) is 32.9 Å². The number of sulfone groups is 1. The molecule has 1 fully saturated rings. The molecule has 26 heavy (non-hydrogen) atoms. The van der Waals surface area contributed by atoms with Crippen molar-refractivity contribution in [3.05, 3.63) is 29.8 Å². The van der Waals surface area contributed by atoms with E-state index in [2.05, 4.69) is 5.32 Å². The second-order valence-corrected chi connectivity index (χ2v) is 9.36. The van der Waals surface area contributed by atoms with E-state index in [1.165, 1.54) is 4.90 Å². The maximum atomic E-state index is 12.8. The second kappa shape index (κ2) is 7.65. The van der Waals surface area contributed by atoms with Gasteiger partial charge in [-0.15, -0.1) is 0 Å². The maximum Gasteiger partial charge on any atom is 0.237 e. The first-order valence-electron chi connectivity index (χ1n) is 8.46. The van der Waals surface area contributed by atoms with E-state index in [0.717, 1.165) is 11.3 Å². The average molecular weight is 382 g/mol. The van der Waals surface area contributed by atoms with Crippen LogP contribution in [-0.2, 0) is 26.0 Å². The largest absolute Gasteiger partial charge is 0.497 e. The van der Waals surface area contributed by atoms with Gasteiger partial charge in [0.25, 0.3) is 0 Å². The van der Waals surface area contributed by atoms with Crippen LogP contribution in [0.15, 0.2) is 24.3 Å². The van der Waals surface area contributed by atoms with E-state index in [-0.39, 0.29) is 23.5 Å². The Hall–Kier alpha value is -2.09. The van der Waals surface area contributed by atoms with Crippen LogP contribution in [0.1, 0.15) is 25.8 Å². The van der Waals surface area contributed by atoms with Gasteiger partial charge in [-0.25, -0.2) is 8.42 Å². The summed E-state index contributed by atoms with van der Waals surface area (Å²) in [5, 5.41) is 2.77. The second-order valence-electron chi connectivity index (χ2n) is 7.13. The molecule has 1 heterocycles. The molecule has 8 heteroatoms. The summed E-state index contributed by atoms with van der Waals surface area (Å²) < 4.78 is 28.4. The molecule has 7 nitrogen and oxygen atoms in total. The van der Waals surface area contributed by atoms with Gasteiger partial charge >= 0.3 is 0 Å². The van der Waals surface area contributed by atoms with Gasteiger partial charge in [-0.3, -0.25) is 9.59 Å². The van der Waals surface area contributed by atoms with E-state index in [0.29, 0.717) is 13.0 Å². The topological polar surface area (TPSA) is 92.8 Å². The third-order valence-electron chi connectivity index (χ3n) is 4.79.